The first-order valence-corrected chi connectivity index (χ1v) is 6.85. The topological polar surface area (TPSA) is 30.5 Å². The normalized spacial score (nSPS) is 23.2. The lowest BCUT2D eigenvalue weighted by Crippen LogP contribution is -2.16. The van der Waals surface area contributed by atoms with Gasteiger partial charge in [-0.3, -0.25) is 0 Å². The Kier molecular flexibility index (Phi) is 3.36. The van der Waals surface area contributed by atoms with E-state index in [-0.39, 0.29) is 0 Å². The van der Waals surface area contributed by atoms with Crippen molar-refractivity contribution in [3.63, 3.8) is 0 Å². The summed E-state index contributed by atoms with van der Waals surface area (Å²) >= 11 is 3.56. The molecule has 1 aromatic carbocycles. The van der Waals surface area contributed by atoms with E-state index in [1.165, 1.54) is 12.0 Å². The van der Waals surface area contributed by atoms with Crippen molar-refractivity contribution in [2.24, 2.45) is 5.92 Å². The molecular weight excluding hydrogens is 282 g/mol. The van der Waals surface area contributed by atoms with Gasteiger partial charge in [-0.15, -0.1) is 0 Å². The Morgan fingerprint density at radius 3 is 3.18 bits per heavy atom. The second kappa shape index (κ2) is 4.96. The molecule has 3 nitrogen and oxygen atoms in total. The van der Waals surface area contributed by atoms with Crippen LogP contribution in [0, 0.1) is 5.92 Å². The Morgan fingerprint density at radius 2 is 2.35 bits per heavy atom. The van der Waals surface area contributed by atoms with Crippen LogP contribution in [-0.2, 0) is 17.8 Å². The molecule has 17 heavy (non-hydrogen) atoms. The van der Waals surface area contributed by atoms with Gasteiger partial charge in [0.25, 0.3) is 0 Å². The van der Waals surface area contributed by atoms with Crippen molar-refractivity contribution < 1.29 is 9.47 Å². The molecule has 0 bridgehead atoms. The van der Waals surface area contributed by atoms with E-state index >= 15 is 0 Å². The van der Waals surface area contributed by atoms with E-state index in [0.717, 1.165) is 41.2 Å². The molecule has 1 fully saturated rings. The van der Waals surface area contributed by atoms with Crippen LogP contribution in [0.1, 0.15) is 17.5 Å². The molecule has 1 aromatic rings. The first-order chi connectivity index (χ1) is 8.33. The molecule has 0 saturated carbocycles. The molecule has 0 radical (unpaired) electrons. The van der Waals surface area contributed by atoms with Crippen molar-refractivity contribution in [3.05, 3.63) is 27.7 Å². The van der Waals surface area contributed by atoms with Gasteiger partial charge in [-0.05, 0) is 49.5 Å². The lowest BCUT2D eigenvalue weighted by molar-refractivity contribution is -0.0171. The summed E-state index contributed by atoms with van der Waals surface area (Å²) in [5.74, 6) is 1.78. The Morgan fingerprint density at radius 1 is 1.41 bits per heavy atom. The van der Waals surface area contributed by atoms with E-state index in [1.54, 1.807) is 0 Å². The van der Waals surface area contributed by atoms with Crippen LogP contribution in [0.15, 0.2) is 16.6 Å². The highest BCUT2D eigenvalue weighted by Crippen LogP contribution is 2.33. The van der Waals surface area contributed by atoms with Crippen molar-refractivity contribution in [2.75, 3.05) is 19.9 Å². The summed E-state index contributed by atoms with van der Waals surface area (Å²) in [6.07, 6.45) is 2.35. The van der Waals surface area contributed by atoms with Crippen molar-refractivity contribution in [1.29, 1.82) is 0 Å². The van der Waals surface area contributed by atoms with Crippen LogP contribution in [0.4, 0.5) is 0 Å². The first kappa shape index (κ1) is 11.5. The number of halogens is 1. The molecule has 0 aliphatic carbocycles. The van der Waals surface area contributed by atoms with Gasteiger partial charge in [0.05, 0.1) is 6.61 Å². The maximum atomic E-state index is 5.66. The molecule has 92 valence electrons. The van der Waals surface area contributed by atoms with Crippen LogP contribution >= 0.6 is 15.9 Å². The Labute approximate surface area is 110 Å². The Hall–Kier alpha value is -0.580. The average molecular weight is 298 g/mol. The van der Waals surface area contributed by atoms with Gasteiger partial charge in [-0.1, -0.05) is 15.9 Å². The third kappa shape index (κ3) is 2.49. The maximum Gasteiger partial charge on any atom is 0.189 e. The zero-order valence-corrected chi connectivity index (χ0v) is 11.3. The number of nitrogens with one attached hydrogen (secondary N) is 1. The predicted octanol–water partition coefficient (Wildman–Crippen LogP) is 2.47. The predicted molar refractivity (Wildman–Crippen MR) is 69.1 cm³/mol. The van der Waals surface area contributed by atoms with Crippen molar-refractivity contribution >= 4 is 15.9 Å². The quantitative estimate of drug-likeness (QED) is 0.910. The smallest absolute Gasteiger partial charge is 0.189 e. The lowest BCUT2D eigenvalue weighted by Gasteiger charge is -2.22. The SMILES string of the molecule is Brc1cc2c(c(CC3CCNC3)c1)OCOC2. The zero-order valence-electron chi connectivity index (χ0n) is 9.67. The largest absolute Gasteiger partial charge is 0.467 e. The van der Waals surface area contributed by atoms with Gasteiger partial charge in [0, 0.05) is 10.0 Å². The van der Waals surface area contributed by atoms with Crippen LogP contribution in [0.3, 0.4) is 0 Å². The summed E-state index contributed by atoms with van der Waals surface area (Å²) in [5, 5.41) is 3.41. The fourth-order valence-corrected chi connectivity index (χ4v) is 3.16. The average Bonchev–Trinajstić information content (AvgIpc) is 2.81. The molecule has 0 aromatic heterocycles. The van der Waals surface area contributed by atoms with Gasteiger partial charge in [0.1, 0.15) is 5.75 Å². The van der Waals surface area contributed by atoms with Crippen LogP contribution in [0.5, 0.6) is 5.75 Å². The van der Waals surface area contributed by atoms with Crippen molar-refractivity contribution in [3.8, 4) is 5.75 Å². The van der Waals surface area contributed by atoms with E-state index < -0.39 is 0 Å². The van der Waals surface area contributed by atoms with Gasteiger partial charge in [-0.25, -0.2) is 0 Å². The molecule has 0 amide bonds. The van der Waals surface area contributed by atoms with Gasteiger partial charge >= 0.3 is 0 Å². The molecule has 3 rings (SSSR count). The molecule has 2 aliphatic rings. The van der Waals surface area contributed by atoms with Gasteiger partial charge < -0.3 is 14.8 Å². The van der Waals surface area contributed by atoms with E-state index in [1.807, 2.05) is 0 Å². The van der Waals surface area contributed by atoms with Crippen LogP contribution < -0.4 is 10.1 Å². The lowest BCUT2D eigenvalue weighted by atomic mass is 9.96. The van der Waals surface area contributed by atoms with Gasteiger partial charge in [0.15, 0.2) is 6.79 Å². The highest BCUT2D eigenvalue weighted by atomic mass is 79.9. The second-order valence-electron chi connectivity index (χ2n) is 4.73. The minimum atomic E-state index is 0.380. The highest BCUT2D eigenvalue weighted by molar-refractivity contribution is 9.10. The molecule has 1 saturated heterocycles. The molecule has 1 atom stereocenters. The minimum Gasteiger partial charge on any atom is -0.467 e. The molecule has 2 aliphatic heterocycles. The Balaban J connectivity index is 1.88. The summed E-state index contributed by atoms with van der Waals surface area (Å²) in [6.45, 7) is 3.30. The standard InChI is InChI=1S/C13H16BrNO2/c14-12-4-10(3-9-1-2-15-6-9)13-11(5-12)7-16-8-17-13/h4-5,9,15H,1-3,6-8H2. The minimum absolute atomic E-state index is 0.380. The number of benzene rings is 1. The van der Waals surface area contributed by atoms with Gasteiger partial charge in [0.2, 0.25) is 0 Å². The van der Waals surface area contributed by atoms with E-state index in [0.29, 0.717) is 13.4 Å². The van der Waals surface area contributed by atoms with E-state index in [2.05, 4.69) is 33.4 Å². The molecule has 4 heteroatoms. The number of hydrogen-bond donors (Lipinski definition) is 1. The molecule has 2 heterocycles. The van der Waals surface area contributed by atoms with Crippen LogP contribution in [0.25, 0.3) is 0 Å². The van der Waals surface area contributed by atoms with E-state index in [4.69, 9.17) is 9.47 Å². The fourth-order valence-electron chi connectivity index (χ4n) is 2.61. The molecule has 1 unspecified atom stereocenters. The zero-order chi connectivity index (χ0) is 11.7. The van der Waals surface area contributed by atoms with Crippen LogP contribution in [-0.4, -0.2) is 19.9 Å². The first-order valence-electron chi connectivity index (χ1n) is 6.05. The van der Waals surface area contributed by atoms with Crippen molar-refractivity contribution in [2.45, 2.75) is 19.4 Å². The summed E-state index contributed by atoms with van der Waals surface area (Å²) < 4.78 is 12.1. The monoisotopic (exact) mass is 297 g/mol. The maximum absolute atomic E-state index is 5.66. The third-order valence-corrected chi connectivity index (χ3v) is 3.88. The third-order valence-electron chi connectivity index (χ3n) is 3.42. The summed E-state index contributed by atoms with van der Waals surface area (Å²) in [6, 6.07) is 4.27. The number of rotatable bonds is 2. The fraction of sp³-hybridized carbons (Fsp3) is 0.538. The Bertz CT molecular complexity index is 416. The number of fused-ring (bicyclic) bond motifs is 1. The van der Waals surface area contributed by atoms with E-state index in [9.17, 15) is 0 Å². The highest BCUT2D eigenvalue weighted by Gasteiger charge is 2.21. The summed E-state index contributed by atoms with van der Waals surface area (Å²) in [5.41, 5.74) is 2.47. The molecule has 1 N–H and O–H groups in total. The number of ether oxygens (including phenoxy) is 2. The summed E-state index contributed by atoms with van der Waals surface area (Å²) in [4.78, 5) is 0. The molecular formula is C13H16BrNO2. The summed E-state index contributed by atoms with van der Waals surface area (Å²) in [7, 11) is 0. The number of hydrogen-bond acceptors (Lipinski definition) is 3. The van der Waals surface area contributed by atoms with Crippen LogP contribution in [0.2, 0.25) is 0 Å². The second-order valence-corrected chi connectivity index (χ2v) is 5.64. The van der Waals surface area contributed by atoms with Crippen molar-refractivity contribution in [1.82, 2.24) is 5.32 Å². The molecule has 0 spiro atoms. The van der Waals surface area contributed by atoms with Gasteiger partial charge in [-0.2, -0.15) is 0 Å².